The van der Waals surface area contributed by atoms with Crippen molar-refractivity contribution in [1.29, 1.82) is 0 Å². The SMILES string of the molecule is CCNc1ncnc(N(CC(F)(F)F)C2CC2)c1C. The van der Waals surface area contributed by atoms with E-state index in [1.54, 1.807) is 6.92 Å². The number of nitrogens with zero attached hydrogens (tertiary/aromatic N) is 3. The van der Waals surface area contributed by atoms with Gasteiger partial charge in [-0.1, -0.05) is 0 Å². The lowest BCUT2D eigenvalue weighted by Gasteiger charge is -2.26. The van der Waals surface area contributed by atoms with E-state index in [1.165, 1.54) is 11.2 Å². The Morgan fingerprint density at radius 2 is 2.05 bits per heavy atom. The first-order valence-corrected chi connectivity index (χ1v) is 6.31. The van der Waals surface area contributed by atoms with Gasteiger partial charge in [-0.2, -0.15) is 13.2 Å². The van der Waals surface area contributed by atoms with Gasteiger partial charge < -0.3 is 10.2 Å². The molecule has 1 N–H and O–H groups in total. The third kappa shape index (κ3) is 3.48. The van der Waals surface area contributed by atoms with Gasteiger partial charge in [-0.15, -0.1) is 0 Å². The highest BCUT2D eigenvalue weighted by Gasteiger charge is 2.39. The lowest BCUT2D eigenvalue weighted by Crippen LogP contribution is -2.37. The Bertz CT molecular complexity index is 443. The highest BCUT2D eigenvalue weighted by molar-refractivity contribution is 5.59. The van der Waals surface area contributed by atoms with Gasteiger partial charge in [0.05, 0.1) is 0 Å². The summed E-state index contributed by atoms with van der Waals surface area (Å²) in [6, 6.07) is -0.0512. The van der Waals surface area contributed by atoms with Gasteiger partial charge in [0.25, 0.3) is 0 Å². The molecule has 1 aliphatic rings. The summed E-state index contributed by atoms with van der Waals surface area (Å²) in [4.78, 5) is 9.44. The summed E-state index contributed by atoms with van der Waals surface area (Å²) in [6.45, 7) is 3.37. The van der Waals surface area contributed by atoms with Crippen molar-refractivity contribution in [1.82, 2.24) is 9.97 Å². The van der Waals surface area contributed by atoms with Gasteiger partial charge >= 0.3 is 6.18 Å². The predicted molar refractivity (Wildman–Crippen MR) is 67.4 cm³/mol. The predicted octanol–water partition coefficient (Wildman–Crippen LogP) is 2.75. The number of halogens is 3. The van der Waals surface area contributed by atoms with Gasteiger partial charge in [-0.05, 0) is 26.7 Å². The topological polar surface area (TPSA) is 41.1 Å². The molecule has 0 unspecified atom stereocenters. The van der Waals surface area contributed by atoms with Gasteiger partial charge in [0.15, 0.2) is 0 Å². The Morgan fingerprint density at radius 1 is 1.37 bits per heavy atom. The van der Waals surface area contributed by atoms with Gasteiger partial charge in [0.1, 0.15) is 24.5 Å². The fraction of sp³-hybridized carbons (Fsp3) is 0.667. The van der Waals surface area contributed by atoms with Crippen LogP contribution in [0.15, 0.2) is 6.33 Å². The lowest BCUT2D eigenvalue weighted by molar-refractivity contribution is -0.120. The molecule has 0 radical (unpaired) electrons. The molecule has 0 spiro atoms. The summed E-state index contributed by atoms with van der Waals surface area (Å²) in [7, 11) is 0. The summed E-state index contributed by atoms with van der Waals surface area (Å²) in [6.07, 6.45) is -1.34. The third-order valence-electron chi connectivity index (χ3n) is 3.01. The van der Waals surface area contributed by atoms with Crippen molar-refractivity contribution in [3.05, 3.63) is 11.9 Å². The normalized spacial score (nSPS) is 15.4. The standard InChI is InChI=1S/C12H17F3N4/c1-3-16-10-8(2)11(18-7-17-10)19(9-4-5-9)6-12(13,14)15/h7,9H,3-6H2,1-2H3,(H,16,17,18). The van der Waals surface area contributed by atoms with Crippen molar-refractivity contribution in [2.24, 2.45) is 0 Å². The Labute approximate surface area is 110 Å². The Morgan fingerprint density at radius 3 is 2.58 bits per heavy atom. The minimum atomic E-state index is -4.22. The van der Waals surface area contributed by atoms with E-state index in [4.69, 9.17) is 0 Å². The number of alkyl halides is 3. The fourth-order valence-corrected chi connectivity index (χ4v) is 2.03. The van der Waals surface area contributed by atoms with Crippen molar-refractivity contribution in [3.63, 3.8) is 0 Å². The number of anilines is 2. The van der Waals surface area contributed by atoms with E-state index in [0.29, 0.717) is 23.7 Å². The molecule has 0 atom stereocenters. The first-order valence-electron chi connectivity index (χ1n) is 6.31. The molecule has 1 aromatic heterocycles. The zero-order valence-electron chi connectivity index (χ0n) is 11.0. The van der Waals surface area contributed by atoms with Gasteiger partial charge in [0.2, 0.25) is 0 Å². The van der Waals surface area contributed by atoms with Gasteiger partial charge in [-0.25, -0.2) is 9.97 Å². The molecule has 0 aliphatic heterocycles. The molecule has 0 aromatic carbocycles. The summed E-state index contributed by atoms with van der Waals surface area (Å²) in [5.41, 5.74) is 0.667. The first-order chi connectivity index (χ1) is 8.92. The molecule has 2 rings (SSSR count). The van der Waals surface area contributed by atoms with E-state index in [0.717, 1.165) is 12.8 Å². The molecule has 19 heavy (non-hydrogen) atoms. The number of aromatic nitrogens is 2. The molecule has 1 aliphatic carbocycles. The summed E-state index contributed by atoms with van der Waals surface area (Å²) in [5.74, 6) is 0.978. The van der Waals surface area contributed by atoms with E-state index in [9.17, 15) is 13.2 Å². The van der Waals surface area contributed by atoms with Crippen LogP contribution in [0.2, 0.25) is 0 Å². The van der Waals surface area contributed by atoms with E-state index < -0.39 is 12.7 Å². The molecule has 0 amide bonds. The van der Waals surface area contributed by atoms with Crippen LogP contribution in [0.3, 0.4) is 0 Å². The van der Waals surface area contributed by atoms with Crippen molar-refractivity contribution < 1.29 is 13.2 Å². The van der Waals surface area contributed by atoms with E-state index >= 15 is 0 Å². The van der Waals surface area contributed by atoms with Crippen LogP contribution in [0.1, 0.15) is 25.3 Å². The van der Waals surface area contributed by atoms with Crippen LogP contribution in [-0.2, 0) is 0 Å². The Hall–Kier alpha value is -1.53. The maximum Gasteiger partial charge on any atom is 0.405 e. The molecule has 4 nitrogen and oxygen atoms in total. The second-order valence-electron chi connectivity index (χ2n) is 4.68. The Kier molecular flexibility index (Phi) is 3.82. The molecule has 0 saturated heterocycles. The number of hydrogen-bond acceptors (Lipinski definition) is 4. The quantitative estimate of drug-likeness (QED) is 0.896. The van der Waals surface area contributed by atoms with E-state index in [2.05, 4.69) is 15.3 Å². The first kappa shape index (κ1) is 13.9. The molecule has 1 saturated carbocycles. The minimum Gasteiger partial charge on any atom is -0.370 e. The van der Waals surface area contributed by atoms with Crippen LogP contribution in [-0.4, -0.2) is 35.3 Å². The highest BCUT2D eigenvalue weighted by atomic mass is 19.4. The second-order valence-corrected chi connectivity index (χ2v) is 4.68. The highest BCUT2D eigenvalue weighted by Crippen LogP contribution is 2.35. The van der Waals surface area contributed by atoms with Gasteiger partial charge in [-0.3, -0.25) is 0 Å². The third-order valence-corrected chi connectivity index (χ3v) is 3.01. The van der Waals surface area contributed by atoms with Crippen molar-refractivity contribution in [2.75, 3.05) is 23.3 Å². The molecule has 0 bridgehead atoms. The smallest absolute Gasteiger partial charge is 0.370 e. The fourth-order valence-electron chi connectivity index (χ4n) is 2.03. The summed E-state index contributed by atoms with van der Waals surface area (Å²) < 4.78 is 38.0. The van der Waals surface area contributed by atoms with Crippen LogP contribution in [0.25, 0.3) is 0 Å². The van der Waals surface area contributed by atoms with Crippen LogP contribution >= 0.6 is 0 Å². The molecule has 7 heteroatoms. The molecule has 1 heterocycles. The average molecular weight is 274 g/mol. The van der Waals surface area contributed by atoms with E-state index in [-0.39, 0.29) is 6.04 Å². The maximum absolute atomic E-state index is 12.7. The summed E-state index contributed by atoms with van der Waals surface area (Å²) >= 11 is 0. The van der Waals surface area contributed by atoms with Crippen LogP contribution in [0, 0.1) is 6.92 Å². The second kappa shape index (κ2) is 5.22. The zero-order chi connectivity index (χ0) is 14.0. The number of rotatable bonds is 5. The maximum atomic E-state index is 12.7. The van der Waals surface area contributed by atoms with Crippen LogP contribution in [0.4, 0.5) is 24.8 Å². The van der Waals surface area contributed by atoms with Crippen molar-refractivity contribution >= 4 is 11.6 Å². The van der Waals surface area contributed by atoms with Crippen molar-refractivity contribution in [2.45, 2.75) is 38.9 Å². The van der Waals surface area contributed by atoms with Gasteiger partial charge in [0, 0.05) is 18.2 Å². The molecule has 1 fully saturated rings. The molecular formula is C12H17F3N4. The monoisotopic (exact) mass is 274 g/mol. The van der Waals surface area contributed by atoms with E-state index in [1.807, 2.05) is 6.92 Å². The number of hydrogen-bond donors (Lipinski definition) is 1. The molecular weight excluding hydrogens is 257 g/mol. The average Bonchev–Trinajstić information content (AvgIpc) is 3.12. The Balaban J connectivity index is 2.28. The molecule has 1 aromatic rings. The lowest BCUT2D eigenvalue weighted by atomic mass is 10.2. The summed E-state index contributed by atoms with van der Waals surface area (Å²) in [5, 5.41) is 3.03. The molecule has 106 valence electrons. The largest absolute Gasteiger partial charge is 0.405 e. The van der Waals surface area contributed by atoms with Crippen LogP contribution in [0.5, 0.6) is 0 Å². The number of nitrogens with one attached hydrogen (secondary N) is 1. The van der Waals surface area contributed by atoms with Crippen LogP contribution < -0.4 is 10.2 Å². The minimum absolute atomic E-state index is 0.0512. The zero-order valence-corrected chi connectivity index (χ0v) is 11.0. The van der Waals surface area contributed by atoms with Crippen molar-refractivity contribution in [3.8, 4) is 0 Å².